The molecule has 120 valence electrons. The number of nitrogens with one attached hydrogen (secondary N) is 1. The van der Waals surface area contributed by atoms with Crippen LogP contribution in [0.2, 0.25) is 5.02 Å². The standard InChI is InChI=1S/C12H11ClN6O3S/c13-9-5-8(19(21)22)3-4-10(9)14-11(20)6-23-12-15-16-17-18(12)7-1-2-7/h3-5,7H,1-2,6H2,(H,14,20). The largest absolute Gasteiger partial charge is 0.324 e. The average Bonchev–Trinajstić information content (AvgIpc) is 3.25. The molecule has 0 aliphatic heterocycles. The zero-order valence-corrected chi connectivity index (χ0v) is 13.3. The fourth-order valence-corrected chi connectivity index (χ4v) is 2.83. The molecule has 1 aromatic heterocycles. The highest BCUT2D eigenvalue weighted by atomic mass is 35.5. The van der Waals surface area contributed by atoms with Crippen molar-refractivity contribution < 1.29 is 9.72 Å². The van der Waals surface area contributed by atoms with Gasteiger partial charge < -0.3 is 5.32 Å². The number of anilines is 1. The summed E-state index contributed by atoms with van der Waals surface area (Å²) in [6.45, 7) is 0. The number of halogens is 1. The Morgan fingerprint density at radius 3 is 2.96 bits per heavy atom. The van der Waals surface area contributed by atoms with E-state index in [2.05, 4.69) is 20.8 Å². The number of carbonyl (C=O) groups is 1. The van der Waals surface area contributed by atoms with Crippen LogP contribution in [0, 0.1) is 10.1 Å². The van der Waals surface area contributed by atoms with E-state index in [-0.39, 0.29) is 22.4 Å². The van der Waals surface area contributed by atoms with Crippen molar-refractivity contribution in [2.24, 2.45) is 0 Å². The number of nitrogens with zero attached hydrogens (tertiary/aromatic N) is 5. The van der Waals surface area contributed by atoms with Gasteiger partial charge in [-0.05, 0) is 29.3 Å². The first-order chi connectivity index (χ1) is 11.0. The summed E-state index contributed by atoms with van der Waals surface area (Å²) in [7, 11) is 0. The predicted octanol–water partition coefficient (Wildman–Crippen LogP) is 2.30. The van der Waals surface area contributed by atoms with Gasteiger partial charge in [-0.3, -0.25) is 14.9 Å². The molecule has 1 amide bonds. The summed E-state index contributed by atoms with van der Waals surface area (Å²) in [6, 6.07) is 4.21. The third kappa shape index (κ3) is 3.77. The Hall–Kier alpha value is -2.20. The van der Waals surface area contributed by atoms with Crippen LogP contribution in [0.1, 0.15) is 18.9 Å². The van der Waals surface area contributed by atoms with E-state index in [9.17, 15) is 14.9 Å². The van der Waals surface area contributed by atoms with Crippen LogP contribution in [0.5, 0.6) is 0 Å². The summed E-state index contributed by atoms with van der Waals surface area (Å²) in [6.07, 6.45) is 2.09. The first kappa shape index (κ1) is 15.7. The molecule has 3 rings (SSSR count). The minimum atomic E-state index is -0.551. The quantitative estimate of drug-likeness (QED) is 0.480. The van der Waals surface area contributed by atoms with E-state index in [1.165, 1.54) is 30.0 Å². The normalized spacial score (nSPS) is 13.8. The van der Waals surface area contributed by atoms with Gasteiger partial charge in [0, 0.05) is 12.1 Å². The molecule has 2 aromatic rings. The molecule has 1 N–H and O–H groups in total. The molecule has 1 aromatic carbocycles. The number of amides is 1. The number of aromatic nitrogens is 4. The first-order valence-electron chi connectivity index (χ1n) is 6.69. The summed E-state index contributed by atoms with van der Waals surface area (Å²) < 4.78 is 1.72. The van der Waals surface area contributed by atoms with Gasteiger partial charge in [-0.15, -0.1) is 5.10 Å². The second-order valence-corrected chi connectivity index (χ2v) is 6.25. The zero-order chi connectivity index (χ0) is 16.4. The van der Waals surface area contributed by atoms with Gasteiger partial charge >= 0.3 is 0 Å². The molecular weight excluding hydrogens is 344 g/mol. The van der Waals surface area contributed by atoms with Crippen LogP contribution in [-0.4, -0.2) is 36.8 Å². The number of nitro benzene ring substituents is 1. The van der Waals surface area contributed by atoms with Crippen molar-refractivity contribution in [2.45, 2.75) is 24.0 Å². The maximum absolute atomic E-state index is 12.0. The number of tetrazole rings is 1. The lowest BCUT2D eigenvalue weighted by Crippen LogP contribution is -2.15. The Balaban J connectivity index is 1.59. The lowest BCUT2D eigenvalue weighted by atomic mass is 10.3. The van der Waals surface area contributed by atoms with Crippen molar-refractivity contribution >= 4 is 40.6 Å². The Bertz CT molecular complexity index is 763. The summed E-state index contributed by atoms with van der Waals surface area (Å²) in [4.78, 5) is 22.1. The number of hydrogen-bond acceptors (Lipinski definition) is 7. The molecular formula is C12H11ClN6O3S. The van der Waals surface area contributed by atoms with Gasteiger partial charge in [0.25, 0.3) is 5.69 Å². The average molecular weight is 355 g/mol. The summed E-state index contributed by atoms with van der Waals surface area (Å²) in [5.41, 5.74) is 0.190. The molecule has 1 aliphatic rings. The van der Waals surface area contributed by atoms with Crippen molar-refractivity contribution in [1.29, 1.82) is 0 Å². The number of carbonyl (C=O) groups excluding carboxylic acids is 1. The number of rotatable bonds is 6. The molecule has 1 saturated carbocycles. The van der Waals surface area contributed by atoms with Gasteiger partial charge in [-0.1, -0.05) is 23.4 Å². The molecule has 0 saturated heterocycles. The Kier molecular flexibility index (Phi) is 4.44. The molecule has 23 heavy (non-hydrogen) atoms. The third-order valence-electron chi connectivity index (χ3n) is 3.13. The van der Waals surface area contributed by atoms with E-state index in [4.69, 9.17) is 11.6 Å². The number of nitro groups is 1. The monoisotopic (exact) mass is 354 g/mol. The van der Waals surface area contributed by atoms with Gasteiger partial charge in [-0.2, -0.15) is 0 Å². The highest BCUT2D eigenvalue weighted by molar-refractivity contribution is 7.99. The van der Waals surface area contributed by atoms with Crippen LogP contribution in [0.15, 0.2) is 23.4 Å². The van der Waals surface area contributed by atoms with Crippen LogP contribution in [-0.2, 0) is 4.79 Å². The van der Waals surface area contributed by atoms with Gasteiger partial charge in [0.15, 0.2) is 0 Å². The smallest absolute Gasteiger partial charge is 0.271 e. The van der Waals surface area contributed by atoms with Crippen LogP contribution >= 0.6 is 23.4 Å². The minimum Gasteiger partial charge on any atom is -0.324 e. The van der Waals surface area contributed by atoms with E-state index < -0.39 is 4.92 Å². The molecule has 11 heteroatoms. The molecule has 1 heterocycles. The Labute approximate surface area is 139 Å². The highest BCUT2D eigenvalue weighted by Gasteiger charge is 2.28. The number of benzene rings is 1. The Morgan fingerprint density at radius 1 is 1.52 bits per heavy atom. The van der Waals surface area contributed by atoms with E-state index in [1.54, 1.807) is 4.68 Å². The fraction of sp³-hybridized carbons (Fsp3) is 0.333. The molecule has 1 fully saturated rings. The molecule has 9 nitrogen and oxygen atoms in total. The van der Waals surface area contributed by atoms with Crippen molar-refractivity contribution in [1.82, 2.24) is 20.2 Å². The molecule has 0 bridgehead atoms. The van der Waals surface area contributed by atoms with Crippen LogP contribution in [0.4, 0.5) is 11.4 Å². The maximum atomic E-state index is 12.0. The Morgan fingerprint density at radius 2 is 2.30 bits per heavy atom. The van der Waals surface area contributed by atoms with Crippen LogP contribution < -0.4 is 5.32 Å². The van der Waals surface area contributed by atoms with E-state index >= 15 is 0 Å². The lowest BCUT2D eigenvalue weighted by molar-refractivity contribution is -0.384. The highest BCUT2D eigenvalue weighted by Crippen LogP contribution is 2.36. The number of non-ortho nitro benzene ring substituents is 1. The maximum Gasteiger partial charge on any atom is 0.271 e. The summed E-state index contributed by atoms with van der Waals surface area (Å²) >= 11 is 7.16. The first-order valence-corrected chi connectivity index (χ1v) is 8.05. The number of hydrogen-bond donors (Lipinski definition) is 1. The van der Waals surface area contributed by atoms with Gasteiger partial charge in [0.1, 0.15) is 0 Å². The van der Waals surface area contributed by atoms with E-state index in [1.807, 2.05) is 0 Å². The number of thioether (sulfide) groups is 1. The second-order valence-electron chi connectivity index (χ2n) is 4.90. The molecule has 1 aliphatic carbocycles. The molecule has 0 unspecified atom stereocenters. The summed E-state index contributed by atoms with van der Waals surface area (Å²) in [5, 5.41) is 25.4. The molecule has 0 spiro atoms. The van der Waals surface area contributed by atoms with Crippen molar-refractivity contribution in [3.05, 3.63) is 33.3 Å². The third-order valence-corrected chi connectivity index (χ3v) is 4.37. The van der Waals surface area contributed by atoms with E-state index in [0.29, 0.717) is 16.9 Å². The van der Waals surface area contributed by atoms with Gasteiger partial charge in [0.2, 0.25) is 11.1 Å². The van der Waals surface area contributed by atoms with Gasteiger partial charge in [-0.25, -0.2) is 4.68 Å². The summed E-state index contributed by atoms with van der Waals surface area (Å²) in [5.74, 6) is -0.184. The van der Waals surface area contributed by atoms with Crippen molar-refractivity contribution in [3.63, 3.8) is 0 Å². The fourth-order valence-electron chi connectivity index (χ4n) is 1.86. The van der Waals surface area contributed by atoms with Crippen LogP contribution in [0.3, 0.4) is 0 Å². The second kappa shape index (κ2) is 6.50. The topological polar surface area (TPSA) is 116 Å². The predicted molar refractivity (Wildman–Crippen MR) is 83.5 cm³/mol. The molecule has 0 atom stereocenters. The van der Waals surface area contributed by atoms with Crippen LogP contribution in [0.25, 0.3) is 0 Å². The van der Waals surface area contributed by atoms with E-state index in [0.717, 1.165) is 12.8 Å². The SMILES string of the molecule is O=C(CSc1nnnn1C1CC1)Nc1ccc([N+](=O)[O-])cc1Cl. The zero-order valence-electron chi connectivity index (χ0n) is 11.7. The van der Waals surface area contributed by atoms with Crippen molar-refractivity contribution in [3.8, 4) is 0 Å². The minimum absolute atomic E-state index is 0.111. The lowest BCUT2D eigenvalue weighted by Gasteiger charge is -2.07. The molecule has 0 radical (unpaired) electrons. The van der Waals surface area contributed by atoms with Crippen molar-refractivity contribution in [2.75, 3.05) is 11.1 Å². The van der Waals surface area contributed by atoms with Gasteiger partial charge in [0.05, 0.1) is 27.4 Å².